The Morgan fingerprint density at radius 2 is 1.87 bits per heavy atom. The fourth-order valence-corrected chi connectivity index (χ4v) is 1.27. The predicted molar refractivity (Wildman–Crippen MR) is 63.0 cm³/mol. The Morgan fingerprint density at radius 3 is 2.20 bits per heavy atom. The Kier molecular flexibility index (Phi) is 5.69. The lowest BCUT2D eigenvalue weighted by molar-refractivity contribution is 0.0173. The van der Waals surface area contributed by atoms with Crippen molar-refractivity contribution < 1.29 is 9.53 Å². The normalized spacial score (nSPS) is 13.5. The maximum absolute atomic E-state index is 11.9. The fourth-order valence-electron chi connectivity index (χ4n) is 1.27. The summed E-state index contributed by atoms with van der Waals surface area (Å²) in [6.07, 6.45) is 1.72. The quantitative estimate of drug-likeness (QED) is 0.719. The van der Waals surface area contributed by atoms with Crippen molar-refractivity contribution in [3.8, 4) is 0 Å². The lowest BCUT2D eigenvalue weighted by Crippen LogP contribution is -2.42. The first-order chi connectivity index (χ1) is 6.81. The monoisotopic (exact) mass is 215 g/mol. The Hall–Kier alpha value is -0.730. The molecule has 15 heavy (non-hydrogen) atoms. The van der Waals surface area contributed by atoms with Crippen LogP contribution in [0.1, 0.15) is 54.4 Å². The van der Waals surface area contributed by atoms with E-state index in [1.807, 2.05) is 25.7 Å². The summed E-state index contributed by atoms with van der Waals surface area (Å²) in [5.41, 5.74) is -0.406. The minimum absolute atomic E-state index is 0.196. The highest BCUT2D eigenvalue weighted by molar-refractivity contribution is 5.68. The van der Waals surface area contributed by atoms with Crippen molar-refractivity contribution in [3.05, 3.63) is 0 Å². The number of ether oxygens (including phenoxy) is 1. The molecule has 0 aliphatic rings. The summed E-state index contributed by atoms with van der Waals surface area (Å²) in [6.45, 7) is 12.7. The molecule has 0 N–H and O–H groups in total. The van der Waals surface area contributed by atoms with E-state index in [0.717, 1.165) is 19.4 Å². The van der Waals surface area contributed by atoms with Gasteiger partial charge in [0.1, 0.15) is 5.60 Å². The summed E-state index contributed by atoms with van der Waals surface area (Å²) in [6, 6.07) is 0.250. The summed E-state index contributed by atoms with van der Waals surface area (Å²) in [5, 5.41) is 0. The Morgan fingerprint density at radius 1 is 1.33 bits per heavy atom. The third-order valence-corrected chi connectivity index (χ3v) is 2.22. The average molecular weight is 215 g/mol. The van der Waals surface area contributed by atoms with Crippen molar-refractivity contribution in [2.45, 2.75) is 66.0 Å². The number of hydrogen-bond donors (Lipinski definition) is 0. The maximum Gasteiger partial charge on any atom is 0.410 e. The molecule has 3 heteroatoms. The van der Waals surface area contributed by atoms with E-state index < -0.39 is 5.60 Å². The zero-order chi connectivity index (χ0) is 12.1. The van der Waals surface area contributed by atoms with Crippen molar-refractivity contribution in [2.75, 3.05) is 6.54 Å². The van der Waals surface area contributed by atoms with E-state index in [-0.39, 0.29) is 12.1 Å². The van der Waals surface area contributed by atoms with E-state index in [1.54, 1.807) is 0 Å². The van der Waals surface area contributed by atoms with Crippen molar-refractivity contribution in [1.82, 2.24) is 4.90 Å². The van der Waals surface area contributed by atoms with Gasteiger partial charge in [-0.2, -0.15) is 0 Å². The molecule has 3 nitrogen and oxygen atoms in total. The second-order valence-corrected chi connectivity index (χ2v) is 4.93. The second kappa shape index (κ2) is 5.99. The predicted octanol–water partition coefficient (Wildman–Crippen LogP) is 3.43. The van der Waals surface area contributed by atoms with E-state index in [1.165, 1.54) is 0 Å². The molecular weight excluding hydrogens is 190 g/mol. The van der Waals surface area contributed by atoms with Crippen molar-refractivity contribution in [2.24, 2.45) is 0 Å². The maximum atomic E-state index is 11.9. The summed E-state index contributed by atoms with van der Waals surface area (Å²) in [4.78, 5) is 13.7. The molecule has 1 amide bonds. The third kappa shape index (κ3) is 5.65. The zero-order valence-electron chi connectivity index (χ0n) is 11.0. The standard InChI is InChI=1S/C12H25NO2/c1-7-9-13(10(3)8-2)11(14)15-12(4,5)6/h10H,7-9H2,1-6H3/t10-/m1/s1. The van der Waals surface area contributed by atoms with Crippen LogP contribution in [-0.4, -0.2) is 29.2 Å². The van der Waals surface area contributed by atoms with Gasteiger partial charge in [0, 0.05) is 12.6 Å². The SMILES string of the molecule is CCCN(C(=O)OC(C)(C)C)[C@H](C)CC. The smallest absolute Gasteiger partial charge is 0.410 e. The van der Waals surface area contributed by atoms with E-state index in [2.05, 4.69) is 20.8 Å². The average Bonchev–Trinajstić information content (AvgIpc) is 2.10. The van der Waals surface area contributed by atoms with Gasteiger partial charge in [-0.3, -0.25) is 0 Å². The van der Waals surface area contributed by atoms with Gasteiger partial charge in [-0.05, 0) is 40.5 Å². The first kappa shape index (κ1) is 14.3. The first-order valence-electron chi connectivity index (χ1n) is 5.81. The summed E-state index contributed by atoms with van der Waals surface area (Å²) in [7, 11) is 0. The summed E-state index contributed by atoms with van der Waals surface area (Å²) < 4.78 is 5.36. The molecule has 0 unspecified atom stereocenters. The molecule has 90 valence electrons. The molecule has 0 rings (SSSR count). The van der Waals surface area contributed by atoms with Gasteiger partial charge in [0.25, 0.3) is 0 Å². The number of carbonyl (C=O) groups is 1. The number of hydrogen-bond acceptors (Lipinski definition) is 2. The van der Waals surface area contributed by atoms with Gasteiger partial charge in [-0.15, -0.1) is 0 Å². The lowest BCUT2D eigenvalue weighted by Gasteiger charge is -2.31. The minimum atomic E-state index is -0.406. The molecule has 0 fully saturated rings. The Labute approximate surface area is 93.8 Å². The molecule has 0 aromatic rings. The van der Waals surface area contributed by atoms with Gasteiger partial charge < -0.3 is 9.64 Å². The highest BCUT2D eigenvalue weighted by Crippen LogP contribution is 2.13. The van der Waals surface area contributed by atoms with E-state index in [4.69, 9.17) is 4.74 Å². The molecule has 0 bridgehead atoms. The highest BCUT2D eigenvalue weighted by Gasteiger charge is 2.24. The van der Waals surface area contributed by atoms with E-state index >= 15 is 0 Å². The molecule has 0 heterocycles. The topological polar surface area (TPSA) is 29.5 Å². The van der Waals surface area contributed by atoms with Crippen LogP contribution in [0.25, 0.3) is 0 Å². The lowest BCUT2D eigenvalue weighted by atomic mass is 10.2. The molecule has 0 spiro atoms. The van der Waals surface area contributed by atoms with Crippen LogP contribution in [0.15, 0.2) is 0 Å². The van der Waals surface area contributed by atoms with Crippen LogP contribution in [-0.2, 0) is 4.74 Å². The van der Waals surface area contributed by atoms with Gasteiger partial charge in [0.2, 0.25) is 0 Å². The fraction of sp³-hybridized carbons (Fsp3) is 0.917. The largest absolute Gasteiger partial charge is 0.444 e. The van der Waals surface area contributed by atoms with Crippen LogP contribution in [0.4, 0.5) is 4.79 Å². The van der Waals surface area contributed by atoms with Crippen LogP contribution < -0.4 is 0 Å². The third-order valence-electron chi connectivity index (χ3n) is 2.22. The molecule has 1 atom stereocenters. The molecule has 0 aliphatic carbocycles. The zero-order valence-corrected chi connectivity index (χ0v) is 11.0. The van der Waals surface area contributed by atoms with E-state index in [9.17, 15) is 4.79 Å². The summed E-state index contributed by atoms with van der Waals surface area (Å²) >= 11 is 0. The Bertz CT molecular complexity index is 196. The van der Waals surface area contributed by atoms with Crippen LogP contribution in [0.5, 0.6) is 0 Å². The van der Waals surface area contributed by atoms with Crippen LogP contribution >= 0.6 is 0 Å². The molecule has 0 saturated heterocycles. The van der Waals surface area contributed by atoms with Gasteiger partial charge in [0.05, 0.1) is 0 Å². The van der Waals surface area contributed by atoms with Crippen LogP contribution in [0.3, 0.4) is 0 Å². The number of rotatable bonds is 4. The molecular formula is C12H25NO2. The van der Waals surface area contributed by atoms with Gasteiger partial charge in [-0.1, -0.05) is 13.8 Å². The number of amides is 1. The summed E-state index contributed by atoms with van der Waals surface area (Å²) in [5.74, 6) is 0. The van der Waals surface area contributed by atoms with Gasteiger partial charge >= 0.3 is 6.09 Å². The second-order valence-electron chi connectivity index (χ2n) is 4.93. The minimum Gasteiger partial charge on any atom is -0.444 e. The molecule has 0 radical (unpaired) electrons. The molecule has 0 aromatic heterocycles. The van der Waals surface area contributed by atoms with Gasteiger partial charge in [0.15, 0.2) is 0 Å². The van der Waals surface area contributed by atoms with Crippen molar-refractivity contribution in [3.63, 3.8) is 0 Å². The Balaban J connectivity index is 4.42. The molecule has 0 aliphatic heterocycles. The van der Waals surface area contributed by atoms with E-state index in [0.29, 0.717) is 0 Å². The number of nitrogens with zero attached hydrogens (tertiary/aromatic N) is 1. The van der Waals surface area contributed by atoms with Crippen molar-refractivity contribution >= 4 is 6.09 Å². The first-order valence-corrected chi connectivity index (χ1v) is 5.81. The van der Waals surface area contributed by atoms with Crippen LogP contribution in [0, 0.1) is 0 Å². The van der Waals surface area contributed by atoms with Crippen molar-refractivity contribution in [1.29, 1.82) is 0 Å². The van der Waals surface area contributed by atoms with Gasteiger partial charge in [-0.25, -0.2) is 4.79 Å². The molecule has 0 saturated carbocycles. The molecule has 0 aromatic carbocycles. The highest BCUT2D eigenvalue weighted by atomic mass is 16.6. The number of carbonyl (C=O) groups excluding carboxylic acids is 1. The van der Waals surface area contributed by atoms with Crippen LogP contribution in [0.2, 0.25) is 0 Å².